The van der Waals surface area contributed by atoms with Crippen molar-refractivity contribution in [3.05, 3.63) is 35.6 Å². The molecule has 0 saturated heterocycles. The van der Waals surface area contributed by atoms with Crippen molar-refractivity contribution in [1.29, 1.82) is 0 Å². The number of rotatable bonds is 8. The SMILES string of the molecule is CCCCC(NCC1(CO)CC1)c1ccc(F)cc1. The van der Waals surface area contributed by atoms with Gasteiger partial charge in [-0.1, -0.05) is 31.9 Å². The molecule has 1 aromatic carbocycles. The minimum atomic E-state index is -0.188. The third-order valence-electron chi connectivity index (χ3n) is 4.13. The standard InChI is InChI=1S/C16H24FNO/c1-2-3-4-15(13-5-7-14(17)8-6-13)18-11-16(12-19)9-10-16/h5-8,15,18-19H,2-4,9-12H2,1H3. The van der Waals surface area contributed by atoms with Crippen molar-refractivity contribution >= 4 is 0 Å². The van der Waals surface area contributed by atoms with Crippen LogP contribution in [-0.2, 0) is 0 Å². The van der Waals surface area contributed by atoms with Gasteiger partial charge < -0.3 is 10.4 Å². The molecule has 1 unspecified atom stereocenters. The van der Waals surface area contributed by atoms with Gasteiger partial charge >= 0.3 is 0 Å². The molecular formula is C16H24FNO. The molecule has 19 heavy (non-hydrogen) atoms. The number of hydrogen-bond acceptors (Lipinski definition) is 2. The number of hydrogen-bond donors (Lipinski definition) is 2. The summed E-state index contributed by atoms with van der Waals surface area (Å²) in [5.41, 5.74) is 1.26. The Morgan fingerprint density at radius 3 is 2.53 bits per heavy atom. The van der Waals surface area contributed by atoms with E-state index in [-0.39, 0.29) is 23.9 Å². The lowest BCUT2D eigenvalue weighted by Crippen LogP contribution is -2.30. The fraction of sp³-hybridized carbons (Fsp3) is 0.625. The topological polar surface area (TPSA) is 32.3 Å². The summed E-state index contributed by atoms with van der Waals surface area (Å²) in [6.45, 7) is 3.30. The van der Waals surface area contributed by atoms with Crippen LogP contribution in [0.4, 0.5) is 4.39 Å². The summed E-state index contributed by atoms with van der Waals surface area (Å²) >= 11 is 0. The minimum absolute atomic E-state index is 0.116. The quantitative estimate of drug-likeness (QED) is 0.755. The monoisotopic (exact) mass is 265 g/mol. The maximum Gasteiger partial charge on any atom is 0.123 e. The molecule has 1 aliphatic carbocycles. The zero-order valence-electron chi connectivity index (χ0n) is 11.7. The Hall–Kier alpha value is -0.930. The number of benzene rings is 1. The lowest BCUT2D eigenvalue weighted by atomic mass is 9.99. The zero-order valence-corrected chi connectivity index (χ0v) is 11.7. The molecule has 0 spiro atoms. The number of unbranched alkanes of at least 4 members (excludes halogenated alkanes) is 1. The average molecular weight is 265 g/mol. The van der Waals surface area contributed by atoms with Crippen molar-refractivity contribution in [2.24, 2.45) is 5.41 Å². The number of halogens is 1. The van der Waals surface area contributed by atoms with E-state index in [0.29, 0.717) is 0 Å². The Balaban J connectivity index is 1.96. The van der Waals surface area contributed by atoms with Gasteiger partial charge in [0.15, 0.2) is 0 Å². The second kappa shape index (κ2) is 6.49. The van der Waals surface area contributed by atoms with Crippen molar-refractivity contribution in [2.45, 2.75) is 45.1 Å². The highest BCUT2D eigenvalue weighted by Crippen LogP contribution is 2.44. The van der Waals surface area contributed by atoms with E-state index in [9.17, 15) is 9.50 Å². The van der Waals surface area contributed by atoms with Gasteiger partial charge in [-0.2, -0.15) is 0 Å². The number of aliphatic hydroxyl groups excluding tert-OH is 1. The molecular weight excluding hydrogens is 241 g/mol. The van der Waals surface area contributed by atoms with E-state index >= 15 is 0 Å². The number of aliphatic hydroxyl groups is 1. The van der Waals surface area contributed by atoms with Gasteiger partial charge in [-0.25, -0.2) is 4.39 Å². The highest BCUT2D eigenvalue weighted by molar-refractivity contribution is 5.20. The van der Waals surface area contributed by atoms with Gasteiger partial charge in [0.05, 0.1) is 0 Å². The molecule has 1 fully saturated rings. The van der Waals surface area contributed by atoms with Crippen LogP contribution in [0.3, 0.4) is 0 Å². The van der Waals surface area contributed by atoms with Crippen LogP contribution in [0, 0.1) is 11.2 Å². The molecule has 0 radical (unpaired) electrons. The molecule has 0 heterocycles. The molecule has 1 atom stereocenters. The minimum Gasteiger partial charge on any atom is -0.396 e. The van der Waals surface area contributed by atoms with Gasteiger partial charge in [0.2, 0.25) is 0 Å². The lowest BCUT2D eigenvalue weighted by molar-refractivity contribution is 0.203. The molecule has 2 N–H and O–H groups in total. The van der Waals surface area contributed by atoms with Crippen LogP contribution in [0.2, 0.25) is 0 Å². The van der Waals surface area contributed by atoms with E-state index in [1.807, 2.05) is 12.1 Å². The van der Waals surface area contributed by atoms with E-state index in [4.69, 9.17) is 0 Å². The van der Waals surface area contributed by atoms with E-state index in [1.54, 1.807) is 0 Å². The van der Waals surface area contributed by atoms with Crippen LogP contribution in [0.25, 0.3) is 0 Å². The van der Waals surface area contributed by atoms with Crippen molar-refractivity contribution in [3.8, 4) is 0 Å². The summed E-state index contributed by atoms with van der Waals surface area (Å²) in [7, 11) is 0. The van der Waals surface area contributed by atoms with Gasteiger partial charge in [0.25, 0.3) is 0 Å². The second-order valence-corrected chi connectivity index (χ2v) is 5.79. The lowest BCUT2D eigenvalue weighted by Gasteiger charge is -2.22. The average Bonchev–Trinajstić information content (AvgIpc) is 3.21. The molecule has 1 aromatic rings. The van der Waals surface area contributed by atoms with Crippen LogP contribution in [0.5, 0.6) is 0 Å². The van der Waals surface area contributed by atoms with Gasteiger partial charge in [-0.15, -0.1) is 0 Å². The molecule has 1 saturated carbocycles. The molecule has 2 rings (SSSR count). The summed E-state index contributed by atoms with van der Waals surface area (Å²) in [5, 5.41) is 12.9. The molecule has 3 heteroatoms. The Kier molecular flexibility index (Phi) is 4.94. The second-order valence-electron chi connectivity index (χ2n) is 5.79. The first-order valence-electron chi connectivity index (χ1n) is 7.29. The third-order valence-corrected chi connectivity index (χ3v) is 4.13. The van der Waals surface area contributed by atoms with E-state index in [0.717, 1.165) is 44.2 Å². The summed E-state index contributed by atoms with van der Waals surface area (Å²) in [4.78, 5) is 0. The van der Waals surface area contributed by atoms with E-state index in [1.165, 1.54) is 12.1 Å². The van der Waals surface area contributed by atoms with E-state index in [2.05, 4.69) is 12.2 Å². The Labute approximate surface area is 115 Å². The molecule has 0 amide bonds. The zero-order chi connectivity index (χ0) is 13.7. The Morgan fingerprint density at radius 1 is 1.32 bits per heavy atom. The van der Waals surface area contributed by atoms with Crippen LogP contribution < -0.4 is 5.32 Å². The summed E-state index contributed by atoms with van der Waals surface area (Å²) in [6.07, 6.45) is 5.59. The van der Waals surface area contributed by atoms with Crippen molar-refractivity contribution in [1.82, 2.24) is 5.32 Å². The molecule has 0 aliphatic heterocycles. The van der Waals surface area contributed by atoms with Crippen LogP contribution in [0.1, 0.15) is 50.6 Å². The maximum absolute atomic E-state index is 13.0. The first-order chi connectivity index (χ1) is 9.19. The van der Waals surface area contributed by atoms with Crippen LogP contribution >= 0.6 is 0 Å². The van der Waals surface area contributed by atoms with Gasteiger partial charge in [-0.3, -0.25) is 0 Å². The van der Waals surface area contributed by atoms with Gasteiger partial charge in [-0.05, 0) is 37.0 Å². The largest absolute Gasteiger partial charge is 0.396 e. The third kappa shape index (κ3) is 4.02. The predicted octanol–water partition coefficient (Wildman–Crippen LogP) is 3.42. The molecule has 2 nitrogen and oxygen atoms in total. The van der Waals surface area contributed by atoms with Crippen molar-refractivity contribution in [2.75, 3.05) is 13.2 Å². The van der Waals surface area contributed by atoms with Gasteiger partial charge in [0, 0.05) is 24.6 Å². The van der Waals surface area contributed by atoms with Crippen molar-refractivity contribution in [3.63, 3.8) is 0 Å². The molecule has 0 aromatic heterocycles. The fourth-order valence-electron chi connectivity index (χ4n) is 2.40. The maximum atomic E-state index is 13.0. The first kappa shape index (κ1) is 14.5. The Bertz CT molecular complexity index is 386. The Morgan fingerprint density at radius 2 is 2.00 bits per heavy atom. The summed E-state index contributed by atoms with van der Waals surface area (Å²) < 4.78 is 13.0. The molecule has 106 valence electrons. The summed E-state index contributed by atoms with van der Waals surface area (Å²) in [6, 6.07) is 7.04. The van der Waals surface area contributed by atoms with E-state index < -0.39 is 0 Å². The first-order valence-corrected chi connectivity index (χ1v) is 7.29. The highest BCUT2D eigenvalue weighted by Gasteiger charge is 2.41. The van der Waals surface area contributed by atoms with Gasteiger partial charge in [0.1, 0.15) is 5.82 Å². The molecule has 1 aliphatic rings. The van der Waals surface area contributed by atoms with Crippen molar-refractivity contribution < 1.29 is 9.50 Å². The fourth-order valence-corrected chi connectivity index (χ4v) is 2.40. The summed E-state index contributed by atoms with van der Waals surface area (Å²) in [5.74, 6) is -0.188. The smallest absolute Gasteiger partial charge is 0.123 e. The van der Waals surface area contributed by atoms with Crippen LogP contribution in [-0.4, -0.2) is 18.3 Å². The predicted molar refractivity (Wildman–Crippen MR) is 75.4 cm³/mol. The normalized spacial score (nSPS) is 18.3. The highest BCUT2D eigenvalue weighted by atomic mass is 19.1. The molecule has 0 bridgehead atoms. The number of nitrogens with one attached hydrogen (secondary N) is 1. The van der Waals surface area contributed by atoms with Crippen LogP contribution in [0.15, 0.2) is 24.3 Å².